The number of rotatable bonds is 4. The Morgan fingerprint density at radius 3 is 2.62 bits per heavy atom. The molecule has 2 rings (SSSR count). The highest BCUT2D eigenvalue weighted by molar-refractivity contribution is 6.31. The third-order valence-electron chi connectivity index (χ3n) is 3.06. The van der Waals surface area contributed by atoms with Gasteiger partial charge >= 0.3 is 6.03 Å². The molecule has 2 N–H and O–H groups in total. The molecule has 0 saturated carbocycles. The molecule has 21 heavy (non-hydrogen) atoms. The average Bonchev–Trinajstić information content (AvgIpc) is 2.48. The molecule has 108 valence electrons. The van der Waals surface area contributed by atoms with Gasteiger partial charge in [-0.1, -0.05) is 54.1 Å². The smallest absolute Gasteiger partial charge is 0.319 e. The minimum Gasteiger partial charge on any atom is -0.334 e. The predicted molar refractivity (Wildman–Crippen MR) is 87.0 cm³/mol. The summed E-state index contributed by atoms with van der Waals surface area (Å²) in [4.78, 5) is 11.7. The van der Waals surface area contributed by atoms with E-state index in [1.165, 1.54) is 0 Å². The Balaban J connectivity index is 1.83. The molecule has 0 bridgehead atoms. The van der Waals surface area contributed by atoms with Gasteiger partial charge < -0.3 is 10.6 Å². The van der Waals surface area contributed by atoms with Crippen LogP contribution in [0.3, 0.4) is 0 Å². The molecule has 2 amide bonds. The molecular weight excluding hydrogens is 284 g/mol. The Morgan fingerprint density at radius 2 is 1.86 bits per heavy atom. The van der Waals surface area contributed by atoms with E-state index in [9.17, 15) is 4.79 Å². The van der Waals surface area contributed by atoms with Gasteiger partial charge in [0.15, 0.2) is 0 Å². The van der Waals surface area contributed by atoms with Crippen LogP contribution in [0.1, 0.15) is 16.7 Å². The lowest BCUT2D eigenvalue weighted by atomic mass is 10.1. The summed E-state index contributed by atoms with van der Waals surface area (Å²) >= 11 is 6.02. The van der Waals surface area contributed by atoms with Crippen molar-refractivity contribution in [1.82, 2.24) is 10.6 Å². The van der Waals surface area contributed by atoms with Crippen LogP contribution in [0.15, 0.2) is 54.7 Å². The Kier molecular flexibility index (Phi) is 5.41. The van der Waals surface area contributed by atoms with Crippen LogP contribution in [0.4, 0.5) is 4.79 Å². The van der Waals surface area contributed by atoms with Crippen LogP contribution >= 0.6 is 11.6 Å². The number of carbonyl (C=O) groups is 1. The molecule has 0 unspecified atom stereocenters. The third-order valence-corrected chi connectivity index (χ3v) is 3.43. The second-order valence-electron chi connectivity index (χ2n) is 4.61. The molecule has 0 saturated heterocycles. The molecule has 0 radical (unpaired) electrons. The van der Waals surface area contributed by atoms with E-state index >= 15 is 0 Å². The van der Waals surface area contributed by atoms with E-state index in [1.807, 2.05) is 55.5 Å². The van der Waals surface area contributed by atoms with Crippen molar-refractivity contribution in [2.45, 2.75) is 13.5 Å². The standard InChI is InChI=1S/C17H17ClN2O/c1-13-6-2-3-7-14(13)10-11-19-17(21)20-12-15-8-4-5-9-16(15)18/h2-11H,12H2,1H3,(H2,19,20,21)/b11-10+. The summed E-state index contributed by atoms with van der Waals surface area (Å²) in [6, 6.07) is 15.1. The van der Waals surface area contributed by atoms with E-state index in [1.54, 1.807) is 12.3 Å². The van der Waals surface area contributed by atoms with E-state index in [0.29, 0.717) is 11.6 Å². The molecule has 0 spiro atoms. The quantitative estimate of drug-likeness (QED) is 0.876. The minimum atomic E-state index is -0.264. The lowest BCUT2D eigenvalue weighted by molar-refractivity contribution is 0.244. The fourth-order valence-corrected chi connectivity index (χ4v) is 2.05. The molecule has 0 atom stereocenters. The van der Waals surface area contributed by atoms with Crippen LogP contribution < -0.4 is 10.6 Å². The topological polar surface area (TPSA) is 41.1 Å². The van der Waals surface area contributed by atoms with E-state index in [2.05, 4.69) is 10.6 Å². The number of hydrogen-bond acceptors (Lipinski definition) is 1. The minimum absolute atomic E-state index is 0.264. The highest BCUT2D eigenvalue weighted by Gasteiger charge is 2.01. The SMILES string of the molecule is Cc1ccccc1/C=C/NC(=O)NCc1ccccc1Cl. The molecule has 0 aliphatic carbocycles. The van der Waals surface area contributed by atoms with E-state index in [-0.39, 0.29) is 6.03 Å². The fourth-order valence-electron chi connectivity index (χ4n) is 1.85. The first-order valence-corrected chi connectivity index (χ1v) is 7.04. The van der Waals surface area contributed by atoms with Crippen molar-refractivity contribution in [1.29, 1.82) is 0 Å². The van der Waals surface area contributed by atoms with Gasteiger partial charge in [-0.15, -0.1) is 0 Å². The number of halogens is 1. The van der Waals surface area contributed by atoms with Gasteiger partial charge in [0.2, 0.25) is 0 Å². The third kappa shape index (κ3) is 4.65. The second-order valence-corrected chi connectivity index (χ2v) is 5.02. The average molecular weight is 301 g/mol. The monoisotopic (exact) mass is 300 g/mol. The summed E-state index contributed by atoms with van der Waals surface area (Å²) in [7, 11) is 0. The lowest BCUT2D eigenvalue weighted by Gasteiger charge is -2.06. The van der Waals surface area contributed by atoms with Crippen molar-refractivity contribution < 1.29 is 4.79 Å². The Labute approximate surface area is 129 Å². The number of carbonyl (C=O) groups excluding carboxylic acids is 1. The Morgan fingerprint density at radius 1 is 1.14 bits per heavy atom. The zero-order chi connectivity index (χ0) is 15.1. The molecule has 2 aromatic carbocycles. The predicted octanol–water partition coefficient (Wildman–Crippen LogP) is 4.12. The lowest BCUT2D eigenvalue weighted by Crippen LogP contribution is -2.31. The maximum atomic E-state index is 11.7. The summed E-state index contributed by atoms with van der Waals surface area (Å²) in [6.07, 6.45) is 3.49. The first-order chi connectivity index (χ1) is 10.2. The van der Waals surface area contributed by atoms with Crippen molar-refractivity contribution >= 4 is 23.7 Å². The molecule has 0 heterocycles. The second kappa shape index (κ2) is 7.50. The van der Waals surface area contributed by atoms with Gasteiger partial charge in [0.05, 0.1) is 0 Å². The van der Waals surface area contributed by atoms with Gasteiger partial charge in [-0.05, 0) is 35.8 Å². The van der Waals surface area contributed by atoms with Gasteiger partial charge in [-0.25, -0.2) is 4.79 Å². The summed E-state index contributed by atoms with van der Waals surface area (Å²) in [5, 5.41) is 6.08. The van der Waals surface area contributed by atoms with Gasteiger partial charge in [-0.3, -0.25) is 0 Å². The van der Waals surface area contributed by atoms with Crippen LogP contribution in [0, 0.1) is 6.92 Å². The van der Waals surface area contributed by atoms with Gasteiger partial charge in [0.1, 0.15) is 0 Å². The maximum Gasteiger partial charge on any atom is 0.319 e. The Hall–Kier alpha value is -2.26. The van der Waals surface area contributed by atoms with Crippen LogP contribution in [0.5, 0.6) is 0 Å². The largest absolute Gasteiger partial charge is 0.334 e. The number of urea groups is 1. The van der Waals surface area contributed by atoms with Crippen molar-refractivity contribution in [2.24, 2.45) is 0 Å². The Bertz CT molecular complexity index is 653. The highest BCUT2D eigenvalue weighted by Crippen LogP contribution is 2.14. The van der Waals surface area contributed by atoms with Crippen LogP contribution in [-0.2, 0) is 6.54 Å². The van der Waals surface area contributed by atoms with Crippen LogP contribution in [-0.4, -0.2) is 6.03 Å². The van der Waals surface area contributed by atoms with Crippen LogP contribution in [0.25, 0.3) is 6.08 Å². The summed E-state index contributed by atoms with van der Waals surface area (Å²) < 4.78 is 0. The molecule has 0 aromatic heterocycles. The molecule has 0 fully saturated rings. The molecule has 2 aromatic rings. The summed E-state index contributed by atoms with van der Waals surface area (Å²) in [6.45, 7) is 2.42. The fraction of sp³-hybridized carbons (Fsp3) is 0.118. The van der Waals surface area contributed by atoms with Gasteiger partial charge in [-0.2, -0.15) is 0 Å². The van der Waals surface area contributed by atoms with Crippen molar-refractivity contribution in [3.05, 3.63) is 76.4 Å². The molecule has 0 aliphatic heterocycles. The first kappa shape index (κ1) is 15.1. The first-order valence-electron chi connectivity index (χ1n) is 6.67. The normalized spacial score (nSPS) is 10.6. The number of nitrogens with one attached hydrogen (secondary N) is 2. The molecule has 3 nitrogen and oxygen atoms in total. The summed E-state index contributed by atoms with van der Waals surface area (Å²) in [5.41, 5.74) is 3.12. The number of aryl methyl sites for hydroxylation is 1. The van der Waals surface area contributed by atoms with Crippen molar-refractivity contribution in [3.63, 3.8) is 0 Å². The van der Waals surface area contributed by atoms with Gasteiger partial charge in [0.25, 0.3) is 0 Å². The molecular formula is C17H17ClN2O. The highest BCUT2D eigenvalue weighted by atomic mass is 35.5. The van der Waals surface area contributed by atoms with Crippen molar-refractivity contribution in [2.75, 3.05) is 0 Å². The van der Waals surface area contributed by atoms with E-state index < -0.39 is 0 Å². The number of amides is 2. The maximum absolute atomic E-state index is 11.7. The molecule has 4 heteroatoms. The number of benzene rings is 2. The molecule has 0 aliphatic rings. The zero-order valence-electron chi connectivity index (χ0n) is 11.8. The van der Waals surface area contributed by atoms with Crippen molar-refractivity contribution in [3.8, 4) is 0 Å². The van der Waals surface area contributed by atoms with E-state index in [0.717, 1.165) is 16.7 Å². The summed E-state index contributed by atoms with van der Waals surface area (Å²) in [5.74, 6) is 0. The zero-order valence-corrected chi connectivity index (χ0v) is 12.5. The number of hydrogen-bond donors (Lipinski definition) is 2. The van der Waals surface area contributed by atoms with Crippen LogP contribution in [0.2, 0.25) is 5.02 Å². The van der Waals surface area contributed by atoms with Gasteiger partial charge in [0, 0.05) is 17.8 Å². The van der Waals surface area contributed by atoms with E-state index in [4.69, 9.17) is 11.6 Å².